The lowest BCUT2D eigenvalue weighted by molar-refractivity contribution is -0.00227. The third-order valence-corrected chi connectivity index (χ3v) is 3.10. The van der Waals surface area contributed by atoms with Crippen molar-refractivity contribution in [1.29, 1.82) is 0 Å². The van der Waals surface area contributed by atoms with Gasteiger partial charge in [-0.3, -0.25) is 0 Å². The van der Waals surface area contributed by atoms with E-state index in [1.165, 1.54) is 0 Å². The monoisotopic (exact) mass is 237 g/mol. The summed E-state index contributed by atoms with van der Waals surface area (Å²) in [5, 5.41) is 9.48. The summed E-state index contributed by atoms with van der Waals surface area (Å²) < 4.78 is 10.9. The van der Waals surface area contributed by atoms with Crippen molar-refractivity contribution in [3.05, 3.63) is 35.9 Å². The van der Waals surface area contributed by atoms with Crippen molar-refractivity contribution < 1.29 is 14.6 Å². The van der Waals surface area contributed by atoms with Crippen molar-refractivity contribution in [3.63, 3.8) is 0 Å². The molecular formula is C13H19NO3. The van der Waals surface area contributed by atoms with Crippen LogP contribution >= 0.6 is 0 Å². The molecule has 1 heterocycles. The van der Waals surface area contributed by atoms with E-state index in [-0.39, 0.29) is 12.7 Å². The lowest BCUT2D eigenvalue weighted by atomic mass is 9.93. The zero-order valence-corrected chi connectivity index (χ0v) is 9.84. The van der Waals surface area contributed by atoms with Gasteiger partial charge in [-0.15, -0.1) is 0 Å². The predicted octanol–water partition coefficient (Wildman–Crippen LogP) is 0.638. The summed E-state index contributed by atoms with van der Waals surface area (Å²) in [5.41, 5.74) is 6.24. The van der Waals surface area contributed by atoms with Crippen molar-refractivity contribution in [2.45, 2.75) is 18.1 Å². The molecule has 4 nitrogen and oxygen atoms in total. The molecule has 2 rings (SSSR count). The lowest BCUT2D eigenvalue weighted by Crippen LogP contribution is -2.46. The molecule has 0 aliphatic carbocycles. The molecule has 0 radical (unpaired) electrons. The minimum atomic E-state index is -0.830. The number of ether oxygens (including phenoxy) is 2. The van der Waals surface area contributed by atoms with Crippen LogP contribution in [-0.2, 0) is 15.0 Å². The highest BCUT2D eigenvalue weighted by atomic mass is 16.5. The zero-order valence-electron chi connectivity index (χ0n) is 9.84. The van der Waals surface area contributed by atoms with Crippen LogP contribution < -0.4 is 5.73 Å². The Bertz CT molecular complexity index is 338. The van der Waals surface area contributed by atoms with Gasteiger partial charge in [0.15, 0.2) is 0 Å². The largest absolute Gasteiger partial charge is 0.394 e. The van der Waals surface area contributed by atoms with Crippen LogP contribution in [0.3, 0.4) is 0 Å². The first-order valence-corrected chi connectivity index (χ1v) is 5.89. The Morgan fingerprint density at radius 2 is 2.18 bits per heavy atom. The van der Waals surface area contributed by atoms with Crippen molar-refractivity contribution in [2.75, 3.05) is 26.4 Å². The summed E-state index contributed by atoms with van der Waals surface area (Å²) >= 11 is 0. The highest BCUT2D eigenvalue weighted by molar-refractivity contribution is 5.24. The van der Waals surface area contributed by atoms with E-state index in [2.05, 4.69) is 0 Å². The van der Waals surface area contributed by atoms with E-state index >= 15 is 0 Å². The Morgan fingerprint density at radius 1 is 1.41 bits per heavy atom. The van der Waals surface area contributed by atoms with Gasteiger partial charge in [0, 0.05) is 6.61 Å². The molecule has 0 bridgehead atoms. The average Bonchev–Trinajstić information content (AvgIpc) is 2.90. The summed E-state index contributed by atoms with van der Waals surface area (Å²) in [6.45, 7) is 1.54. The average molecular weight is 237 g/mol. The van der Waals surface area contributed by atoms with Crippen molar-refractivity contribution in [2.24, 2.45) is 5.73 Å². The van der Waals surface area contributed by atoms with E-state index in [9.17, 15) is 5.11 Å². The van der Waals surface area contributed by atoms with Crippen molar-refractivity contribution in [1.82, 2.24) is 0 Å². The van der Waals surface area contributed by atoms with Crippen LogP contribution in [0, 0.1) is 0 Å². The van der Waals surface area contributed by atoms with Crippen LogP contribution in [0.5, 0.6) is 0 Å². The Morgan fingerprint density at radius 3 is 2.76 bits per heavy atom. The molecule has 1 aliphatic rings. The fourth-order valence-corrected chi connectivity index (χ4v) is 1.90. The molecule has 2 atom stereocenters. The summed E-state index contributed by atoms with van der Waals surface area (Å²) in [5.74, 6) is 0. The maximum atomic E-state index is 9.48. The van der Waals surface area contributed by atoms with Crippen LogP contribution in [0.2, 0.25) is 0 Å². The van der Waals surface area contributed by atoms with E-state index < -0.39 is 5.54 Å². The van der Waals surface area contributed by atoms with Gasteiger partial charge >= 0.3 is 0 Å². The normalized spacial score (nSPS) is 23.5. The molecule has 94 valence electrons. The topological polar surface area (TPSA) is 64.7 Å². The molecule has 1 fully saturated rings. The highest BCUT2D eigenvalue weighted by Crippen LogP contribution is 2.20. The second kappa shape index (κ2) is 5.60. The molecule has 0 amide bonds. The molecule has 3 N–H and O–H groups in total. The van der Waals surface area contributed by atoms with Crippen molar-refractivity contribution in [3.8, 4) is 0 Å². The summed E-state index contributed by atoms with van der Waals surface area (Å²) in [6, 6.07) is 9.55. The summed E-state index contributed by atoms with van der Waals surface area (Å²) in [4.78, 5) is 0. The Balaban J connectivity index is 1.98. The fourth-order valence-electron chi connectivity index (χ4n) is 1.90. The van der Waals surface area contributed by atoms with Crippen LogP contribution in [0.1, 0.15) is 12.0 Å². The Kier molecular flexibility index (Phi) is 4.12. The van der Waals surface area contributed by atoms with Crippen molar-refractivity contribution >= 4 is 0 Å². The number of hydrogen-bond acceptors (Lipinski definition) is 4. The first-order chi connectivity index (χ1) is 8.24. The maximum absolute atomic E-state index is 9.48. The van der Waals surface area contributed by atoms with Gasteiger partial charge < -0.3 is 20.3 Å². The molecule has 1 saturated heterocycles. The lowest BCUT2D eigenvalue weighted by Gasteiger charge is -2.28. The van der Waals surface area contributed by atoms with Crippen LogP contribution in [0.15, 0.2) is 30.3 Å². The number of nitrogens with two attached hydrogens (primary N) is 1. The van der Waals surface area contributed by atoms with Gasteiger partial charge in [-0.05, 0) is 12.0 Å². The third kappa shape index (κ3) is 3.04. The molecular weight excluding hydrogens is 218 g/mol. The van der Waals surface area contributed by atoms with E-state index in [0.717, 1.165) is 18.6 Å². The Labute approximate surface area is 101 Å². The number of benzene rings is 1. The molecule has 1 aromatic rings. The van der Waals surface area contributed by atoms with Gasteiger partial charge in [-0.25, -0.2) is 0 Å². The van der Waals surface area contributed by atoms with E-state index in [0.29, 0.717) is 13.2 Å². The first-order valence-electron chi connectivity index (χ1n) is 5.89. The third-order valence-electron chi connectivity index (χ3n) is 3.10. The van der Waals surface area contributed by atoms with Gasteiger partial charge in [0.1, 0.15) is 0 Å². The van der Waals surface area contributed by atoms with Gasteiger partial charge in [0.25, 0.3) is 0 Å². The number of rotatable bonds is 5. The van der Waals surface area contributed by atoms with Crippen LogP contribution in [-0.4, -0.2) is 37.6 Å². The molecule has 2 unspecified atom stereocenters. The number of aliphatic hydroxyl groups is 1. The van der Waals surface area contributed by atoms with Crippen LogP contribution in [0.4, 0.5) is 0 Å². The van der Waals surface area contributed by atoms with Gasteiger partial charge in [-0.2, -0.15) is 0 Å². The van der Waals surface area contributed by atoms with E-state index in [4.69, 9.17) is 15.2 Å². The van der Waals surface area contributed by atoms with Gasteiger partial charge in [0.2, 0.25) is 0 Å². The quantitative estimate of drug-likeness (QED) is 0.788. The molecule has 1 aliphatic heterocycles. The maximum Gasteiger partial charge on any atom is 0.0881 e. The predicted molar refractivity (Wildman–Crippen MR) is 64.6 cm³/mol. The highest BCUT2D eigenvalue weighted by Gasteiger charge is 2.29. The molecule has 0 spiro atoms. The van der Waals surface area contributed by atoms with E-state index in [1.54, 1.807) is 0 Å². The standard InChI is InChI=1S/C13H19NO3/c14-13(9-15,11-4-2-1-3-5-11)10-17-12-6-7-16-8-12/h1-5,12,15H,6-10,14H2. The molecule has 4 heteroatoms. The van der Waals surface area contributed by atoms with Crippen LogP contribution in [0.25, 0.3) is 0 Å². The smallest absolute Gasteiger partial charge is 0.0881 e. The van der Waals surface area contributed by atoms with E-state index in [1.807, 2.05) is 30.3 Å². The molecule has 17 heavy (non-hydrogen) atoms. The SMILES string of the molecule is NC(CO)(COC1CCOC1)c1ccccc1. The molecule has 0 saturated carbocycles. The van der Waals surface area contributed by atoms with Gasteiger partial charge in [0.05, 0.1) is 31.5 Å². The minimum Gasteiger partial charge on any atom is -0.394 e. The molecule has 0 aromatic heterocycles. The number of hydrogen-bond donors (Lipinski definition) is 2. The zero-order chi connectivity index (χ0) is 12.1. The summed E-state index contributed by atoms with van der Waals surface area (Å²) in [7, 11) is 0. The first kappa shape index (κ1) is 12.5. The van der Waals surface area contributed by atoms with Gasteiger partial charge in [-0.1, -0.05) is 30.3 Å². The number of aliphatic hydroxyl groups excluding tert-OH is 1. The molecule has 1 aromatic carbocycles. The summed E-state index contributed by atoms with van der Waals surface area (Å²) in [6.07, 6.45) is 1.00. The second-order valence-electron chi connectivity index (χ2n) is 4.48. The fraction of sp³-hybridized carbons (Fsp3) is 0.538. The second-order valence-corrected chi connectivity index (χ2v) is 4.48. The minimum absolute atomic E-state index is 0.105. The Hall–Kier alpha value is -0.940.